The fourth-order valence-electron chi connectivity index (χ4n) is 1.41. The zero-order chi connectivity index (χ0) is 10.9. The van der Waals surface area contributed by atoms with Crippen molar-refractivity contribution in [3.8, 4) is 0 Å². The summed E-state index contributed by atoms with van der Waals surface area (Å²) in [5.41, 5.74) is 1.25. The fourth-order valence-corrected chi connectivity index (χ4v) is 1.85. The van der Waals surface area contributed by atoms with Crippen molar-refractivity contribution >= 4 is 12.6 Å². The highest BCUT2D eigenvalue weighted by Gasteiger charge is 2.00. The zero-order valence-corrected chi connectivity index (χ0v) is 10.2. The summed E-state index contributed by atoms with van der Waals surface area (Å²) in [5.74, 6) is 1.69. The molecule has 0 amide bonds. The van der Waals surface area contributed by atoms with E-state index in [1.807, 2.05) is 18.2 Å². The van der Waals surface area contributed by atoms with Crippen LogP contribution in [0.1, 0.15) is 25.3 Å². The van der Waals surface area contributed by atoms with Crippen molar-refractivity contribution in [2.45, 2.75) is 26.4 Å². The van der Waals surface area contributed by atoms with E-state index >= 15 is 0 Å². The van der Waals surface area contributed by atoms with Gasteiger partial charge >= 0.3 is 0 Å². The number of hydrogen-bond donors (Lipinski definition) is 1. The normalized spacial score (nSPS) is 12.7. The van der Waals surface area contributed by atoms with E-state index < -0.39 is 0 Å². The summed E-state index contributed by atoms with van der Waals surface area (Å²) < 4.78 is 5.61. The van der Waals surface area contributed by atoms with Gasteiger partial charge in [-0.3, -0.25) is 0 Å². The lowest BCUT2D eigenvalue weighted by Crippen LogP contribution is -2.02. The number of rotatable bonds is 7. The van der Waals surface area contributed by atoms with Gasteiger partial charge in [-0.1, -0.05) is 37.3 Å². The maximum absolute atomic E-state index is 5.61. The van der Waals surface area contributed by atoms with Crippen LogP contribution in [0.25, 0.3) is 0 Å². The highest BCUT2D eigenvalue weighted by Crippen LogP contribution is 2.09. The summed E-state index contributed by atoms with van der Waals surface area (Å²) in [5, 5.41) is 0. The molecule has 1 rings (SSSR count). The first kappa shape index (κ1) is 12.6. The molecule has 1 aromatic carbocycles. The quantitative estimate of drug-likeness (QED) is 0.550. The van der Waals surface area contributed by atoms with Gasteiger partial charge in [-0.2, -0.15) is 12.6 Å². The molecule has 1 nitrogen and oxygen atoms in total. The van der Waals surface area contributed by atoms with Crippen molar-refractivity contribution in [3.05, 3.63) is 35.9 Å². The number of benzene rings is 1. The lowest BCUT2D eigenvalue weighted by Gasteiger charge is -2.09. The summed E-state index contributed by atoms with van der Waals surface area (Å²) in [6, 6.07) is 10.3. The molecule has 0 radical (unpaired) electrons. The Labute approximate surface area is 98.3 Å². The van der Waals surface area contributed by atoms with E-state index in [4.69, 9.17) is 4.74 Å². The molecule has 0 saturated carbocycles. The Morgan fingerprint density at radius 3 is 2.60 bits per heavy atom. The smallest absolute Gasteiger partial charge is 0.0716 e. The Morgan fingerprint density at radius 1 is 1.20 bits per heavy atom. The van der Waals surface area contributed by atoms with E-state index in [0.29, 0.717) is 0 Å². The molecule has 84 valence electrons. The molecule has 0 aliphatic rings. The van der Waals surface area contributed by atoms with E-state index in [9.17, 15) is 0 Å². The van der Waals surface area contributed by atoms with Crippen molar-refractivity contribution in [3.63, 3.8) is 0 Å². The largest absolute Gasteiger partial charge is 0.377 e. The van der Waals surface area contributed by atoms with Crippen LogP contribution in [0.5, 0.6) is 0 Å². The highest BCUT2D eigenvalue weighted by atomic mass is 32.1. The van der Waals surface area contributed by atoms with E-state index in [2.05, 4.69) is 31.7 Å². The molecule has 0 fully saturated rings. The van der Waals surface area contributed by atoms with Crippen LogP contribution >= 0.6 is 12.6 Å². The second-order valence-electron chi connectivity index (χ2n) is 3.94. The minimum absolute atomic E-state index is 0.721. The minimum atomic E-state index is 0.721. The molecule has 0 heterocycles. The summed E-state index contributed by atoms with van der Waals surface area (Å²) in [7, 11) is 0. The first-order valence-electron chi connectivity index (χ1n) is 5.55. The Morgan fingerprint density at radius 2 is 1.93 bits per heavy atom. The maximum Gasteiger partial charge on any atom is 0.0716 e. The standard InChI is InChI=1S/C13H20OS/c1-12(8-10-15)7-9-14-11-13-5-3-2-4-6-13/h2-6,12,15H,7-11H2,1H3. The lowest BCUT2D eigenvalue weighted by molar-refractivity contribution is 0.109. The highest BCUT2D eigenvalue weighted by molar-refractivity contribution is 7.80. The maximum atomic E-state index is 5.61. The van der Waals surface area contributed by atoms with Gasteiger partial charge in [0.05, 0.1) is 6.61 Å². The second kappa shape index (κ2) is 7.77. The summed E-state index contributed by atoms with van der Waals surface area (Å²) in [6.45, 7) is 3.83. The SMILES string of the molecule is CC(CCS)CCOCc1ccccc1. The van der Waals surface area contributed by atoms with Crippen molar-refractivity contribution in [1.82, 2.24) is 0 Å². The molecule has 0 aromatic heterocycles. The number of thiol groups is 1. The average Bonchev–Trinajstić information content (AvgIpc) is 2.26. The van der Waals surface area contributed by atoms with Crippen LogP contribution in [0.15, 0.2) is 30.3 Å². The molecular weight excluding hydrogens is 204 g/mol. The fraction of sp³-hybridized carbons (Fsp3) is 0.538. The van der Waals surface area contributed by atoms with E-state index in [-0.39, 0.29) is 0 Å². The molecule has 2 heteroatoms. The number of ether oxygens (including phenoxy) is 1. The van der Waals surface area contributed by atoms with E-state index in [1.54, 1.807) is 0 Å². The molecular formula is C13H20OS. The zero-order valence-electron chi connectivity index (χ0n) is 9.36. The molecule has 0 spiro atoms. The van der Waals surface area contributed by atoms with Crippen LogP contribution in [0, 0.1) is 5.92 Å². The first-order valence-corrected chi connectivity index (χ1v) is 6.18. The average molecular weight is 224 g/mol. The summed E-state index contributed by atoms with van der Waals surface area (Å²) in [4.78, 5) is 0. The van der Waals surface area contributed by atoms with Crippen LogP contribution in [-0.2, 0) is 11.3 Å². The van der Waals surface area contributed by atoms with Crippen LogP contribution in [0.3, 0.4) is 0 Å². The molecule has 15 heavy (non-hydrogen) atoms. The van der Waals surface area contributed by atoms with Crippen LogP contribution in [-0.4, -0.2) is 12.4 Å². The lowest BCUT2D eigenvalue weighted by atomic mass is 10.1. The molecule has 0 N–H and O–H groups in total. The van der Waals surface area contributed by atoms with Gasteiger partial charge in [0.2, 0.25) is 0 Å². The third kappa shape index (κ3) is 5.85. The molecule has 0 aliphatic heterocycles. The second-order valence-corrected chi connectivity index (χ2v) is 4.39. The summed E-state index contributed by atoms with van der Waals surface area (Å²) in [6.07, 6.45) is 2.31. The van der Waals surface area contributed by atoms with Gasteiger partial charge < -0.3 is 4.74 Å². The first-order chi connectivity index (χ1) is 7.33. The van der Waals surface area contributed by atoms with Gasteiger partial charge in [0.15, 0.2) is 0 Å². The molecule has 1 atom stereocenters. The molecule has 0 saturated heterocycles. The molecule has 1 aromatic rings. The van der Waals surface area contributed by atoms with Crippen molar-refractivity contribution in [2.75, 3.05) is 12.4 Å². The number of hydrogen-bond acceptors (Lipinski definition) is 2. The molecule has 0 aliphatic carbocycles. The molecule has 1 unspecified atom stereocenters. The van der Waals surface area contributed by atoms with Crippen molar-refractivity contribution in [2.24, 2.45) is 5.92 Å². The topological polar surface area (TPSA) is 9.23 Å². The van der Waals surface area contributed by atoms with Crippen molar-refractivity contribution in [1.29, 1.82) is 0 Å². The van der Waals surface area contributed by atoms with Gasteiger partial charge in [0, 0.05) is 6.61 Å². The third-order valence-electron chi connectivity index (χ3n) is 2.49. The minimum Gasteiger partial charge on any atom is -0.377 e. The van der Waals surface area contributed by atoms with Gasteiger partial charge in [-0.05, 0) is 30.1 Å². The van der Waals surface area contributed by atoms with Gasteiger partial charge in [0.1, 0.15) is 0 Å². The van der Waals surface area contributed by atoms with Gasteiger partial charge in [0.25, 0.3) is 0 Å². The van der Waals surface area contributed by atoms with Gasteiger partial charge in [-0.15, -0.1) is 0 Å². The van der Waals surface area contributed by atoms with E-state index in [0.717, 1.165) is 31.3 Å². The molecule has 0 bridgehead atoms. The third-order valence-corrected chi connectivity index (χ3v) is 2.75. The summed E-state index contributed by atoms with van der Waals surface area (Å²) >= 11 is 4.22. The van der Waals surface area contributed by atoms with Gasteiger partial charge in [-0.25, -0.2) is 0 Å². The Balaban J connectivity index is 2.07. The Kier molecular flexibility index (Phi) is 6.53. The van der Waals surface area contributed by atoms with Crippen LogP contribution in [0.2, 0.25) is 0 Å². The predicted octanol–water partition coefficient (Wildman–Crippen LogP) is 3.55. The Hall–Kier alpha value is -0.470. The van der Waals surface area contributed by atoms with Crippen LogP contribution in [0.4, 0.5) is 0 Å². The Bertz CT molecular complexity index is 248. The van der Waals surface area contributed by atoms with Crippen molar-refractivity contribution < 1.29 is 4.74 Å². The van der Waals surface area contributed by atoms with Crippen LogP contribution < -0.4 is 0 Å². The van der Waals surface area contributed by atoms with E-state index in [1.165, 1.54) is 12.0 Å². The monoisotopic (exact) mass is 224 g/mol. The predicted molar refractivity (Wildman–Crippen MR) is 68.3 cm³/mol.